The van der Waals surface area contributed by atoms with Crippen molar-refractivity contribution in [1.29, 1.82) is 0 Å². The van der Waals surface area contributed by atoms with Crippen LogP contribution >= 0.6 is 0 Å². The summed E-state index contributed by atoms with van der Waals surface area (Å²) in [6.45, 7) is 11.4. The first-order chi connectivity index (χ1) is 31.7. The van der Waals surface area contributed by atoms with Crippen LogP contribution in [0.5, 0.6) is 0 Å². The van der Waals surface area contributed by atoms with Crippen molar-refractivity contribution in [2.75, 3.05) is 13.2 Å². The van der Waals surface area contributed by atoms with Crippen molar-refractivity contribution in [2.45, 2.75) is 336 Å². The predicted octanol–water partition coefficient (Wildman–Crippen LogP) is 19.3. The third-order valence-electron chi connectivity index (χ3n) is 13.5. The zero-order valence-corrected chi connectivity index (χ0v) is 44.6. The summed E-state index contributed by atoms with van der Waals surface area (Å²) in [5.41, 5.74) is 0. The van der Waals surface area contributed by atoms with E-state index in [1.165, 1.54) is 218 Å². The molecule has 0 aromatic heterocycles. The van der Waals surface area contributed by atoms with Crippen LogP contribution in [0.1, 0.15) is 330 Å². The van der Waals surface area contributed by atoms with Crippen LogP contribution in [0.25, 0.3) is 0 Å². The number of ether oxygens (including phenoxy) is 3. The second-order valence-corrected chi connectivity index (χ2v) is 21.2. The van der Waals surface area contributed by atoms with Crippen LogP contribution in [-0.2, 0) is 28.6 Å². The van der Waals surface area contributed by atoms with Crippen LogP contribution in [0, 0.1) is 11.8 Å². The number of hydrogen-bond acceptors (Lipinski definition) is 6. The Labute approximate surface area is 406 Å². The molecule has 0 unspecified atom stereocenters. The summed E-state index contributed by atoms with van der Waals surface area (Å²) in [6, 6.07) is 0. The fraction of sp³-hybridized carbons (Fsp3) is 0.949. The molecule has 65 heavy (non-hydrogen) atoms. The van der Waals surface area contributed by atoms with E-state index in [0.717, 1.165) is 69.6 Å². The van der Waals surface area contributed by atoms with Gasteiger partial charge >= 0.3 is 17.9 Å². The Morgan fingerprint density at radius 2 is 0.508 bits per heavy atom. The van der Waals surface area contributed by atoms with Gasteiger partial charge in [0.15, 0.2) is 6.10 Å². The van der Waals surface area contributed by atoms with Crippen LogP contribution in [0.4, 0.5) is 0 Å². The number of rotatable bonds is 53. The van der Waals surface area contributed by atoms with Crippen LogP contribution < -0.4 is 0 Å². The molecule has 0 amide bonds. The molecule has 0 saturated heterocycles. The first-order valence-corrected chi connectivity index (χ1v) is 29.2. The largest absolute Gasteiger partial charge is 0.462 e. The summed E-state index contributed by atoms with van der Waals surface area (Å²) in [7, 11) is 0. The van der Waals surface area contributed by atoms with E-state index in [2.05, 4.69) is 34.6 Å². The Bertz CT molecular complexity index is 993. The lowest BCUT2D eigenvalue weighted by Crippen LogP contribution is -2.30. The zero-order chi connectivity index (χ0) is 47.5. The number of esters is 3. The van der Waals surface area contributed by atoms with Gasteiger partial charge in [-0.15, -0.1) is 0 Å². The molecule has 0 aliphatic rings. The topological polar surface area (TPSA) is 78.9 Å². The van der Waals surface area contributed by atoms with E-state index in [1.807, 2.05) is 0 Å². The van der Waals surface area contributed by atoms with Gasteiger partial charge in [0.25, 0.3) is 0 Å². The van der Waals surface area contributed by atoms with Crippen LogP contribution in [0.3, 0.4) is 0 Å². The summed E-state index contributed by atoms with van der Waals surface area (Å²) in [4.78, 5) is 38.1. The van der Waals surface area contributed by atoms with Gasteiger partial charge in [-0.3, -0.25) is 14.4 Å². The summed E-state index contributed by atoms with van der Waals surface area (Å²) >= 11 is 0. The van der Waals surface area contributed by atoms with Gasteiger partial charge in [0.2, 0.25) is 0 Å². The molecule has 0 aromatic rings. The molecule has 6 heteroatoms. The fourth-order valence-electron chi connectivity index (χ4n) is 9.05. The molecule has 0 bridgehead atoms. The minimum atomic E-state index is -0.763. The van der Waals surface area contributed by atoms with Crippen LogP contribution in [-0.4, -0.2) is 37.2 Å². The lowest BCUT2D eigenvalue weighted by Gasteiger charge is -2.18. The minimum Gasteiger partial charge on any atom is -0.462 e. The third-order valence-corrected chi connectivity index (χ3v) is 13.5. The number of unbranched alkanes of at least 4 members (excludes halogenated alkanes) is 38. The van der Waals surface area contributed by atoms with Crippen LogP contribution in [0.15, 0.2) is 0 Å². The second kappa shape index (κ2) is 51.8. The van der Waals surface area contributed by atoms with E-state index in [4.69, 9.17) is 14.2 Å². The number of hydrogen-bond donors (Lipinski definition) is 0. The third kappa shape index (κ3) is 53.2. The molecule has 0 N–H and O–H groups in total. The Balaban J connectivity index is 4.20. The van der Waals surface area contributed by atoms with Crippen LogP contribution in [0.2, 0.25) is 0 Å². The van der Waals surface area contributed by atoms with Crippen molar-refractivity contribution in [3.63, 3.8) is 0 Å². The van der Waals surface area contributed by atoms with Crippen molar-refractivity contribution >= 4 is 17.9 Å². The Hall–Kier alpha value is -1.59. The van der Waals surface area contributed by atoms with Gasteiger partial charge in [-0.1, -0.05) is 291 Å². The van der Waals surface area contributed by atoms with Gasteiger partial charge in [-0.25, -0.2) is 0 Å². The number of carbonyl (C=O) groups is 3. The normalized spacial score (nSPS) is 12.0. The highest BCUT2D eigenvalue weighted by atomic mass is 16.6. The van der Waals surface area contributed by atoms with E-state index in [0.29, 0.717) is 19.3 Å². The van der Waals surface area contributed by atoms with Gasteiger partial charge in [0.1, 0.15) is 13.2 Å². The van der Waals surface area contributed by atoms with Gasteiger partial charge in [-0.05, 0) is 31.1 Å². The van der Waals surface area contributed by atoms with E-state index in [-0.39, 0.29) is 31.1 Å². The smallest absolute Gasteiger partial charge is 0.306 e. The summed E-state index contributed by atoms with van der Waals surface area (Å²) in [5, 5.41) is 0. The lowest BCUT2D eigenvalue weighted by molar-refractivity contribution is -0.167. The molecule has 0 aliphatic heterocycles. The fourth-order valence-corrected chi connectivity index (χ4v) is 9.05. The van der Waals surface area contributed by atoms with Crippen molar-refractivity contribution < 1.29 is 28.6 Å². The summed E-state index contributed by atoms with van der Waals surface area (Å²) < 4.78 is 16.9. The predicted molar refractivity (Wildman–Crippen MR) is 280 cm³/mol. The Kier molecular flexibility index (Phi) is 50.5. The molecular weight excluding hydrogens is 805 g/mol. The van der Waals surface area contributed by atoms with E-state index in [1.54, 1.807) is 0 Å². The average molecular weight is 920 g/mol. The molecule has 0 fully saturated rings. The summed E-state index contributed by atoms with van der Waals surface area (Å²) in [5.74, 6) is 0.783. The maximum absolute atomic E-state index is 12.8. The van der Waals surface area contributed by atoms with Crippen molar-refractivity contribution in [1.82, 2.24) is 0 Å². The van der Waals surface area contributed by atoms with Gasteiger partial charge in [-0.2, -0.15) is 0 Å². The molecule has 0 radical (unpaired) electrons. The highest BCUT2D eigenvalue weighted by Gasteiger charge is 2.19. The second-order valence-electron chi connectivity index (χ2n) is 21.2. The van der Waals surface area contributed by atoms with Crippen molar-refractivity contribution in [2.24, 2.45) is 11.8 Å². The SMILES string of the molecule is CCCCCCCCCCCCCCCCCCCCCC(=O)OC[C@@H](COC(=O)CCCCCCCCCCCCCCCCCC(C)C)OC(=O)CCCCCCCCCC(C)C. The first-order valence-electron chi connectivity index (χ1n) is 29.2. The van der Waals surface area contributed by atoms with Gasteiger partial charge in [0.05, 0.1) is 0 Å². The first kappa shape index (κ1) is 63.4. The van der Waals surface area contributed by atoms with E-state index >= 15 is 0 Å². The van der Waals surface area contributed by atoms with Crippen molar-refractivity contribution in [3.8, 4) is 0 Å². The molecule has 0 spiro atoms. The quantitative estimate of drug-likeness (QED) is 0.0344. The molecule has 0 heterocycles. The average Bonchev–Trinajstić information content (AvgIpc) is 3.28. The highest BCUT2D eigenvalue weighted by molar-refractivity contribution is 5.71. The van der Waals surface area contributed by atoms with Crippen molar-refractivity contribution in [3.05, 3.63) is 0 Å². The molecule has 0 saturated carbocycles. The standard InChI is InChI=1S/C59H114O6/c1-6-7-8-9-10-11-12-13-14-15-16-17-20-23-26-29-34-39-44-49-57(60)63-52-56(65-59(62)51-46-41-36-31-33-38-43-48-55(4)5)53-64-58(61)50-45-40-35-30-27-24-21-18-19-22-25-28-32-37-42-47-54(2)3/h54-56H,6-53H2,1-5H3/t56-/m0/s1. The monoisotopic (exact) mass is 919 g/mol. The number of carbonyl (C=O) groups excluding carboxylic acids is 3. The minimum absolute atomic E-state index is 0.0636. The molecule has 6 nitrogen and oxygen atoms in total. The zero-order valence-electron chi connectivity index (χ0n) is 44.6. The molecule has 0 aliphatic carbocycles. The molecule has 0 rings (SSSR count). The maximum Gasteiger partial charge on any atom is 0.306 e. The van der Waals surface area contributed by atoms with E-state index in [9.17, 15) is 14.4 Å². The molecular formula is C59H114O6. The lowest BCUT2D eigenvalue weighted by atomic mass is 10.0. The molecule has 386 valence electrons. The summed E-state index contributed by atoms with van der Waals surface area (Å²) in [6.07, 6.45) is 55.4. The Morgan fingerprint density at radius 1 is 0.292 bits per heavy atom. The van der Waals surface area contributed by atoms with Gasteiger partial charge < -0.3 is 14.2 Å². The maximum atomic E-state index is 12.8. The molecule has 0 aromatic carbocycles. The van der Waals surface area contributed by atoms with Gasteiger partial charge in [0, 0.05) is 19.3 Å². The highest BCUT2D eigenvalue weighted by Crippen LogP contribution is 2.18. The molecule has 1 atom stereocenters. The Morgan fingerprint density at radius 3 is 0.754 bits per heavy atom. The van der Waals surface area contributed by atoms with E-state index < -0.39 is 6.10 Å².